The van der Waals surface area contributed by atoms with Gasteiger partial charge in [-0.2, -0.15) is 0 Å². The van der Waals surface area contributed by atoms with Crippen LogP contribution in [-0.4, -0.2) is 16.9 Å². The van der Waals surface area contributed by atoms with Crippen LogP contribution in [0.2, 0.25) is 0 Å². The topological polar surface area (TPSA) is 54.0 Å². The van der Waals surface area contributed by atoms with Crippen LogP contribution < -0.4 is 10.6 Å². The minimum Gasteiger partial charge on any atom is -0.367 e. The summed E-state index contributed by atoms with van der Waals surface area (Å²) in [4.78, 5) is 17.3. The summed E-state index contributed by atoms with van der Waals surface area (Å²) in [5, 5.41) is 8.29. The molecular formula is C16H19N3OS. The fourth-order valence-electron chi connectivity index (χ4n) is 2.61. The number of thiophene rings is 1. The molecule has 2 aromatic heterocycles. The number of nitrogens with zero attached hydrogens (tertiary/aromatic N) is 1. The molecule has 1 aliphatic rings. The molecule has 2 heterocycles. The van der Waals surface area contributed by atoms with Crippen molar-refractivity contribution in [3.63, 3.8) is 0 Å². The molecule has 0 atom stereocenters. The normalized spacial score (nSPS) is 15.0. The van der Waals surface area contributed by atoms with Crippen LogP contribution in [0.15, 0.2) is 35.8 Å². The molecule has 2 aromatic rings. The third-order valence-electron chi connectivity index (χ3n) is 3.67. The first-order valence-electron chi connectivity index (χ1n) is 7.34. The van der Waals surface area contributed by atoms with E-state index in [9.17, 15) is 4.79 Å². The molecule has 1 saturated carbocycles. The molecule has 4 nitrogen and oxygen atoms in total. The molecule has 0 saturated heterocycles. The van der Waals surface area contributed by atoms with Crippen molar-refractivity contribution in [2.75, 3.05) is 10.6 Å². The van der Waals surface area contributed by atoms with Crippen molar-refractivity contribution in [2.45, 2.75) is 38.1 Å². The summed E-state index contributed by atoms with van der Waals surface area (Å²) in [5.41, 5.74) is 0.744. The Morgan fingerprint density at radius 1 is 1.29 bits per heavy atom. The van der Waals surface area contributed by atoms with Crippen LogP contribution in [0.25, 0.3) is 0 Å². The molecule has 21 heavy (non-hydrogen) atoms. The summed E-state index contributed by atoms with van der Waals surface area (Å²) in [6, 6.07) is 8.31. The van der Waals surface area contributed by atoms with Crippen molar-refractivity contribution in [1.29, 1.82) is 0 Å². The number of amides is 1. The van der Waals surface area contributed by atoms with E-state index >= 15 is 0 Å². The predicted molar refractivity (Wildman–Crippen MR) is 86.8 cm³/mol. The molecule has 1 aliphatic carbocycles. The first-order chi connectivity index (χ1) is 10.3. The highest BCUT2D eigenvalue weighted by molar-refractivity contribution is 7.10. The third-order valence-corrected chi connectivity index (χ3v) is 4.55. The largest absolute Gasteiger partial charge is 0.367 e. The lowest BCUT2D eigenvalue weighted by Gasteiger charge is -2.12. The van der Waals surface area contributed by atoms with E-state index in [0.29, 0.717) is 12.5 Å². The van der Waals surface area contributed by atoms with E-state index in [4.69, 9.17) is 0 Å². The number of hydrogen-bond donors (Lipinski definition) is 2. The SMILES string of the molecule is O=C(Cc1cccs1)Nc1ccc(NC2CCCC2)nc1. The third kappa shape index (κ3) is 4.04. The maximum atomic E-state index is 11.9. The quantitative estimate of drug-likeness (QED) is 0.886. The Labute approximate surface area is 128 Å². The first-order valence-corrected chi connectivity index (χ1v) is 8.22. The van der Waals surface area contributed by atoms with Crippen molar-refractivity contribution in [2.24, 2.45) is 0 Å². The van der Waals surface area contributed by atoms with Crippen molar-refractivity contribution >= 4 is 28.7 Å². The average molecular weight is 301 g/mol. The fourth-order valence-corrected chi connectivity index (χ4v) is 3.31. The van der Waals surface area contributed by atoms with Gasteiger partial charge in [0.15, 0.2) is 0 Å². The molecule has 0 spiro atoms. The highest BCUT2D eigenvalue weighted by Gasteiger charge is 2.14. The van der Waals surface area contributed by atoms with E-state index in [2.05, 4.69) is 15.6 Å². The number of hydrogen-bond acceptors (Lipinski definition) is 4. The van der Waals surface area contributed by atoms with E-state index < -0.39 is 0 Å². The van der Waals surface area contributed by atoms with Gasteiger partial charge in [-0.25, -0.2) is 4.98 Å². The maximum Gasteiger partial charge on any atom is 0.229 e. The van der Waals surface area contributed by atoms with Crippen LogP contribution in [-0.2, 0) is 11.2 Å². The Hall–Kier alpha value is -1.88. The van der Waals surface area contributed by atoms with Crippen molar-refractivity contribution in [3.05, 3.63) is 40.7 Å². The molecule has 3 rings (SSSR count). The lowest BCUT2D eigenvalue weighted by molar-refractivity contribution is -0.115. The summed E-state index contributed by atoms with van der Waals surface area (Å²) < 4.78 is 0. The van der Waals surface area contributed by atoms with Gasteiger partial charge in [0.25, 0.3) is 0 Å². The monoisotopic (exact) mass is 301 g/mol. The first kappa shape index (κ1) is 14.1. The second kappa shape index (κ2) is 6.72. The number of aromatic nitrogens is 1. The van der Waals surface area contributed by atoms with Gasteiger partial charge in [0.1, 0.15) is 5.82 Å². The number of carbonyl (C=O) groups is 1. The predicted octanol–water partition coefficient (Wildman–Crippen LogP) is 3.68. The van der Waals surface area contributed by atoms with Crippen molar-refractivity contribution < 1.29 is 4.79 Å². The lowest BCUT2D eigenvalue weighted by Crippen LogP contribution is -2.16. The van der Waals surface area contributed by atoms with Crippen molar-refractivity contribution in [3.8, 4) is 0 Å². The molecule has 2 N–H and O–H groups in total. The second-order valence-electron chi connectivity index (χ2n) is 5.36. The molecular weight excluding hydrogens is 282 g/mol. The second-order valence-corrected chi connectivity index (χ2v) is 6.39. The van der Waals surface area contributed by atoms with Gasteiger partial charge in [-0.15, -0.1) is 11.3 Å². The summed E-state index contributed by atoms with van der Waals surface area (Å²) in [6.45, 7) is 0. The van der Waals surface area contributed by atoms with Gasteiger partial charge in [0.2, 0.25) is 5.91 Å². The van der Waals surface area contributed by atoms with Crippen LogP contribution in [0.1, 0.15) is 30.6 Å². The number of anilines is 2. The van der Waals surface area contributed by atoms with Crippen molar-refractivity contribution in [1.82, 2.24) is 4.98 Å². The van der Waals surface area contributed by atoms with Crippen LogP contribution in [0.3, 0.4) is 0 Å². The van der Waals surface area contributed by atoms with Crippen LogP contribution >= 0.6 is 11.3 Å². The van der Waals surface area contributed by atoms with Gasteiger partial charge in [0.05, 0.1) is 18.3 Å². The van der Waals surface area contributed by atoms with Gasteiger partial charge < -0.3 is 10.6 Å². The number of carbonyl (C=O) groups excluding carboxylic acids is 1. The average Bonchev–Trinajstić information content (AvgIpc) is 3.14. The van der Waals surface area contributed by atoms with Gasteiger partial charge in [-0.1, -0.05) is 18.9 Å². The molecule has 0 aliphatic heterocycles. The van der Waals surface area contributed by atoms with Crippen LogP contribution in [0, 0.1) is 0 Å². The van der Waals surface area contributed by atoms with E-state index in [-0.39, 0.29) is 5.91 Å². The Balaban J connectivity index is 1.52. The zero-order chi connectivity index (χ0) is 14.5. The molecule has 0 aromatic carbocycles. The van der Waals surface area contributed by atoms with Gasteiger partial charge >= 0.3 is 0 Å². The fraction of sp³-hybridized carbons (Fsp3) is 0.375. The zero-order valence-electron chi connectivity index (χ0n) is 11.8. The maximum absolute atomic E-state index is 11.9. The Bertz CT molecular complexity index is 574. The molecule has 5 heteroatoms. The minimum atomic E-state index is -0.00393. The van der Waals surface area contributed by atoms with E-state index in [0.717, 1.165) is 16.4 Å². The Morgan fingerprint density at radius 2 is 2.14 bits per heavy atom. The van der Waals surface area contributed by atoms with Gasteiger partial charge in [0, 0.05) is 10.9 Å². The summed E-state index contributed by atoms with van der Waals surface area (Å²) in [7, 11) is 0. The van der Waals surface area contributed by atoms with E-state index in [1.54, 1.807) is 17.5 Å². The number of pyridine rings is 1. The number of nitrogens with one attached hydrogen (secondary N) is 2. The lowest BCUT2D eigenvalue weighted by atomic mass is 10.2. The summed E-state index contributed by atoms with van der Waals surface area (Å²) in [5.74, 6) is 0.883. The standard InChI is InChI=1S/C16H19N3OS/c20-16(10-14-6-3-9-21-14)19-13-7-8-15(17-11-13)18-12-4-1-2-5-12/h3,6-9,11-12H,1-2,4-5,10H2,(H,17,18)(H,19,20). The van der Waals surface area contributed by atoms with E-state index in [1.807, 2.05) is 29.6 Å². The molecule has 1 amide bonds. The Morgan fingerprint density at radius 3 is 2.81 bits per heavy atom. The van der Waals surface area contributed by atoms with Crippen LogP contribution in [0.4, 0.5) is 11.5 Å². The summed E-state index contributed by atoms with van der Waals surface area (Å²) >= 11 is 1.60. The minimum absolute atomic E-state index is 0.00393. The number of rotatable bonds is 5. The zero-order valence-corrected chi connectivity index (χ0v) is 12.7. The van der Waals surface area contributed by atoms with Crippen LogP contribution in [0.5, 0.6) is 0 Å². The molecule has 1 fully saturated rings. The molecule has 110 valence electrons. The highest BCUT2D eigenvalue weighted by Crippen LogP contribution is 2.21. The van der Waals surface area contributed by atoms with E-state index in [1.165, 1.54) is 25.7 Å². The highest BCUT2D eigenvalue weighted by atomic mass is 32.1. The molecule has 0 radical (unpaired) electrons. The smallest absolute Gasteiger partial charge is 0.229 e. The molecule has 0 bridgehead atoms. The molecule has 0 unspecified atom stereocenters. The van der Waals surface area contributed by atoms with Gasteiger partial charge in [-0.3, -0.25) is 4.79 Å². The van der Waals surface area contributed by atoms with Gasteiger partial charge in [-0.05, 0) is 36.4 Å². The summed E-state index contributed by atoms with van der Waals surface area (Å²) in [6.07, 6.45) is 7.17. The Kier molecular flexibility index (Phi) is 4.50.